The summed E-state index contributed by atoms with van der Waals surface area (Å²) >= 11 is 0. The van der Waals surface area contributed by atoms with Gasteiger partial charge in [0.25, 0.3) is 5.91 Å². The molecule has 0 spiro atoms. The molecule has 0 fully saturated rings. The summed E-state index contributed by atoms with van der Waals surface area (Å²) in [5.41, 5.74) is 5.59. The van der Waals surface area contributed by atoms with Crippen LogP contribution in [0.1, 0.15) is 33.8 Å². The predicted octanol–water partition coefficient (Wildman–Crippen LogP) is 4.91. The van der Waals surface area contributed by atoms with Gasteiger partial charge in [0.1, 0.15) is 17.4 Å². The summed E-state index contributed by atoms with van der Waals surface area (Å²) in [6.07, 6.45) is 3.29. The van der Waals surface area contributed by atoms with Gasteiger partial charge in [-0.2, -0.15) is 5.26 Å². The van der Waals surface area contributed by atoms with E-state index >= 15 is 0 Å². The van der Waals surface area contributed by atoms with Crippen LogP contribution in [0.5, 0.6) is 0 Å². The Balaban J connectivity index is 1.88. The first-order valence-corrected chi connectivity index (χ1v) is 9.09. The maximum atomic E-state index is 12.7. The maximum absolute atomic E-state index is 12.7. The minimum absolute atomic E-state index is 0.0703. The molecule has 3 rings (SSSR count). The highest BCUT2D eigenvalue weighted by molar-refractivity contribution is 6.10. The number of para-hydroxylation sites is 1. The number of carbonyl (C=O) groups is 1. The Morgan fingerprint density at radius 1 is 1.18 bits per heavy atom. The molecule has 0 atom stereocenters. The smallest absolute Gasteiger partial charge is 0.266 e. The monoisotopic (exact) mass is 373 g/mol. The van der Waals surface area contributed by atoms with Gasteiger partial charge in [-0.3, -0.25) is 4.79 Å². The summed E-state index contributed by atoms with van der Waals surface area (Å²) in [6.45, 7) is 8.44. The minimum atomic E-state index is -0.407. The van der Waals surface area contributed by atoms with E-state index < -0.39 is 5.91 Å². The Morgan fingerprint density at radius 2 is 1.89 bits per heavy atom. The topological polar surface area (TPSA) is 71.0 Å². The number of hydrogen-bond donors (Lipinski definition) is 1. The Morgan fingerprint density at radius 3 is 2.50 bits per heavy atom. The van der Waals surface area contributed by atoms with E-state index in [1.54, 1.807) is 12.3 Å². The van der Waals surface area contributed by atoms with Gasteiger partial charge < -0.3 is 14.3 Å². The van der Waals surface area contributed by atoms with Crippen LogP contribution in [-0.4, -0.2) is 10.5 Å². The number of rotatable bonds is 5. The van der Waals surface area contributed by atoms with Crippen LogP contribution in [0.25, 0.3) is 6.08 Å². The van der Waals surface area contributed by atoms with Crippen LogP contribution in [0.2, 0.25) is 0 Å². The Hall–Kier alpha value is -3.52. The molecular weight excluding hydrogens is 350 g/mol. The fraction of sp³-hybridized carbons (Fsp3) is 0.217. The molecule has 0 bridgehead atoms. The van der Waals surface area contributed by atoms with Crippen LogP contribution >= 0.6 is 0 Å². The van der Waals surface area contributed by atoms with Crippen molar-refractivity contribution >= 4 is 17.7 Å². The van der Waals surface area contributed by atoms with Crippen molar-refractivity contribution in [1.29, 1.82) is 5.26 Å². The fourth-order valence-corrected chi connectivity index (χ4v) is 3.27. The first-order valence-electron chi connectivity index (χ1n) is 9.09. The quantitative estimate of drug-likeness (QED) is 0.510. The molecular formula is C23H23N3O2. The SMILES string of the molecule is Cc1cccc(C)c1NC(=O)/C(C#N)=C/c1cc(C)n(Cc2ccco2)c1C. The fourth-order valence-electron chi connectivity index (χ4n) is 3.27. The molecule has 2 aromatic heterocycles. The van der Waals surface area contributed by atoms with E-state index in [1.165, 1.54) is 0 Å². The predicted molar refractivity (Wildman–Crippen MR) is 110 cm³/mol. The third kappa shape index (κ3) is 3.91. The van der Waals surface area contributed by atoms with Crippen molar-refractivity contribution < 1.29 is 9.21 Å². The Labute approximate surface area is 164 Å². The minimum Gasteiger partial charge on any atom is -0.467 e. The first kappa shape index (κ1) is 19.2. The summed E-state index contributed by atoms with van der Waals surface area (Å²) in [7, 11) is 0. The van der Waals surface area contributed by atoms with Gasteiger partial charge >= 0.3 is 0 Å². The number of hydrogen-bond acceptors (Lipinski definition) is 3. The number of benzene rings is 1. The highest BCUT2D eigenvalue weighted by Crippen LogP contribution is 2.22. The van der Waals surface area contributed by atoms with Crippen LogP contribution in [0.4, 0.5) is 5.69 Å². The lowest BCUT2D eigenvalue weighted by atomic mass is 10.1. The third-order valence-corrected chi connectivity index (χ3v) is 4.89. The molecule has 0 unspecified atom stereocenters. The number of carbonyl (C=O) groups excluding carboxylic acids is 1. The molecule has 5 heteroatoms. The summed E-state index contributed by atoms with van der Waals surface area (Å²) in [6, 6.07) is 13.6. The third-order valence-electron chi connectivity index (χ3n) is 4.89. The van der Waals surface area contributed by atoms with E-state index in [1.807, 2.05) is 70.2 Å². The van der Waals surface area contributed by atoms with Crippen LogP contribution in [0.3, 0.4) is 0 Å². The van der Waals surface area contributed by atoms with E-state index in [9.17, 15) is 10.1 Å². The molecule has 0 aliphatic rings. The van der Waals surface area contributed by atoms with E-state index in [0.29, 0.717) is 6.54 Å². The normalized spacial score (nSPS) is 11.3. The molecule has 1 amide bonds. The lowest BCUT2D eigenvalue weighted by Crippen LogP contribution is -2.15. The van der Waals surface area contributed by atoms with E-state index in [0.717, 1.165) is 39.5 Å². The van der Waals surface area contributed by atoms with Crippen molar-refractivity contribution in [3.63, 3.8) is 0 Å². The molecule has 0 saturated carbocycles. The Bertz CT molecular complexity index is 1060. The molecule has 142 valence electrons. The summed E-state index contributed by atoms with van der Waals surface area (Å²) in [4.78, 5) is 12.7. The van der Waals surface area contributed by atoms with Gasteiger partial charge in [0.15, 0.2) is 0 Å². The van der Waals surface area contributed by atoms with Gasteiger partial charge in [-0.25, -0.2) is 0 Å². The maximum Gasteiger partial charge on any atom is 0.266 e. The number of anilines is 1. The van der Waals surface area contributed by atoms with Crippen molar-refractivity contribution in [3.8, 4) is 6.07 Å². The molecule has 1 aromatic carbocycles. The van der Waals surface area contributed by atoms with Gasteiger partial charge in [0, 0.05) is 17.1 Å². The number of aryl methyl sites for hydroxylation is 3. The molecule has 5 nitrogen and oxygen atoms in total. The highest BCUT2D eigenvalue weighted by atomic mass is 16.3. The average molecular weight is 373 g/mol. The molecule has 28 heavy (non-hydrogen) atoms. The van der Waals surface area contributed by atoms with E-state index in [4.69, 9.17) is 4.42 Å². The van der Waals surface area contributed by atoms with Crippen LogP contribution in [0.15, 0.2) is 52.7 Å². The highest BCUT2D eigenvalue weighted by Gasteiger charge is 2.15. The molecule has 0 saturated heterocycles. The Kier molecular flexibility index (Phi) is 5.51. The second-order valence-electron chi connectivity index (χ2n) is 6.88. The second kappa shape index (κ2) is 8.01. The number of nitriles is 1. The summed E-state index contributed by atoms with van der Waals surface area (Å²) in [5, 5.41) is 12.4. The first-order chi connectivity index (χ1) is 13.4. The number of amides is 1. The van der Waals surface area contributed by atoms with Gasteiger partial charge in [-0.15, -0.1) is 0 Å². The molecule has 0 radical (unpaired) electrons. The average Bonchev–Trinajstić information content (AvgIpc) is 3.26. The number of nitrogens with zero attached hydrogens (tertiary/aromatic N) is 2. The zero-order valence-electron chi connectivity index (χ0n) is 16.5. The summed E-state index contributed by atoms with van der Waals surface area (Å²) in [5.74, 6) is 0.446. The van der Waals surface area contributed by atoms with Gasteiger partial charge in [0.05, 0.1) is 12.8 Å². The molecule has 2 heterocycles. The number of furan rings is 1. The van der Waals surface area contributed by atoms with Crippen molar-refractivity contribution in [2.75, 3.05) is 5.32 Å². The van der Waals surface area contributed by atoms with Crippen molar-refractivity contribution in [1.82, 2.24) is 4.57 Å². The molecule has 3 aromatic rings. The van der Waals surface area contributed by atoms with Crippen molar-refractivity contribution in [2.24, 2.45) is 0 Å². The van der Waals surface area contributed by atoms with Gasteiger partial charge in [0.2, 0.25) is 0 Å². The van der Waals surface area contributed by atoms with Crippen LogP contribution in [-0.2, 0) is 11.3 Å². The zero-order chi connectivity index (χ0) is 20.3. The van der Waals surface area contributed by atoms with Crippen molar-refractivity contribution in [2.45, 2.75) is 34.2 Å². The number of aromatic nitrogens is 1. The molecule has 1 N–H and O–H groups in total. The van der Waals surface area contributed by atoms with Gasteiger partial charge in [-0.1, -0.05) is 18.2 Å². The lowest BCUT2D eigenvalue weighted by Gasteiger charge is -2.11. The second-order valence-corrected chi connectivity index (χ2v) is 6.88. The standard InChI is InChI=1S/C23H23N3O2/c1-15-7-5-8-16(2)22(15)25-23(27)20(13-24)12-19-11-17(3)26(18(19)4)14-21-9-6-10-28-21/h5-12H,14H2,1-4H3,(H,25,27)/b20-12+. The largest absolute Gasteiger partial charge is 0.467 e. The zero-order valence-corrected chi connectivity index (χ0v) is 16.5. The van der Waals surface area contributed by atoms with E-state index in [-0.39, 0.29) is 5.57 Å². The summed E-state index contributed by atoms with van der Waals surface area (Å²) < 4.78 is 7.53. The van der Waals surface area contributed by atoms with E-state index in [2.05, 4.69) is 9.88 Å². The molecule has 0 aliphatic heterocycles. The van der Waals surface area contributed by atoms with Gasteiger partial charge in [-0.05, 0) is 68.7 Å². The van der Waals surface area contributed by atoms with Crippen LogP contribution in [0, 0.1) is 39.0 Å². The lowest BCUT2D eigenvalue weighted by molar-refractivity contribution is -0.112. The molecule has 0 aliphatic carbocycles. The number of nitrogens with one attached hydrogen (secondary N) is 1. The van der Waals surface area contributed by atoms with Crippen LogP contribution < -0.4 is 5.32 Å². The van der Waals surface area contributed by atoms with Crippen molar-refractivity contribution in [3.05, 3.63) is 82.1 Å².